The molecule has 1 aromatic carbocycles. The van der Waals surface area contributed by atoms with Crippen LogP contribution in [0.1, 0.15) is 24.0 Å². The quantitative estimate of drug-likeness (QED) is 0.469. The molecule has 0 spiro atoms. The van der Waals surface area contributed by atoms with Crippen molar-refractivity contribution in [3.63, 3.8) is 0 Å². The van der Waals surface area contributed by atoms with Crippen molar-refractivity contribution < 1.29 is 9.52 Å². The molecule has 0 saturated heterocycles. The summed E-state index contributed by atoms with van der Waals surface area (Å²) in [5.41, 5.74) is 8.77. The Labute approximate surface area is 185 Å². The Morgan fingerprint density at radius 1 is 1.22 bits per heavy atom. The highest BCUT2D eigenvalue weighted by molar-refractivity contribution is 6.30. The highest BCUT2D eigenvalue weighted by atomic mass is 35.5. The molecular weight excluding hydrogens is 432 g/mol. The van der Waals surface area contributed by atoms with E-state index in [0.29, 0.717) is 39.8 Å². The smallest absolute Gasteiger partial charge is 0.290 e. The molecule has 2 heterocycles. The molecular formula is C22H15ClN6O3. The Kier molecular flexibility index (Phi) is 5.19. The van der Waals surface area contributed by atoms with Gasteiger partial charge in [-0.1, -0.05) is 23.7 Å². The van der Waals surface area contributed by atoms with Crippen molar-refractivity contribution in [2.75, 3.05) is 11.2 Å². The maximum Gasteiger partial charge on any atom is 0.290 e. The monoisotopic (exact) mass is 446 g/mol. The fourth-order valence-corrected chi connectivity index (χ4v) is 3.75. The number of hydrogen-bond donors (Lipinski definition) is 4. The van der Waals surface area contributed by atoms with Gasteiger partial charge in [0.1, 0.15) is 28.7 Å². The zero-order valence-corrected chi connectivity index (χ0v) is 17.2. The number of nitrogens with one attached hydrogen (secondary N) is 2. The number of anilines is 1. The predicted molar refractivity (Wildman–Crippen MR) is 117 cm³/mol. The van der Waals surface area contributed by atoms with E-state index in [1.165, 1.54) is 6.07 Å². The third kappa shape index (κ3) is 3.37. The molecule has 5 N–H and O–H groups in total. The predicted octanol–water partition coefficient (Wildman–Crippen LogP) is 1.20. The second kappa shape index (κ2) is 7.99. The number of aromatic hydroxyl groups is 1. The van der Waals surface area contributed by atoms with Gasteiger partial charge in [0.25, 0.3) is 5.56 Å². The van der Waals surface area contributed by atoms with Gasteiger partial charge in [-0.25, -0.2) is 0 Å². The fraction of sp³-hybridized carbons (Fsp3) is 0.0909. The van der Waals surface area contributed by atoms with Crippen LogP contribution in [0.3, 0.4) is 0 Å². The molecule has 0 fully saturated rings. The number of fused-ring (bicyclic) bond motifs is 1. The summed E-state index contributed by atoms with van der Waals surface area (Å²) in [6, 6.07) is 11.3. The maximum atomic E-state index is 13.2. The lowest BCUT2D eigenvalue weighted by Gasteiger charge is -2.19. The van der Waals surface area contributed by atoms with Crippen molar-refractivity contribution in [1.82, 2.24) is 4.68 Å². The molecule has 9 nitrogen and oxygen atoms in total. The lowest BCUT2D eigenvalue weighted by atomic mass is 9.97. The van der Waals surface area contributed by atoms with Gasteiger partial charge >= 0.3 is 0 Å². The summed E-state index contributed by atoms with van der Waals surface area (Å²) in [4.78, 5) is 13.2. The molecule has 0 bridgehead atoms. The fourth-order valence-electron chi connectivity index (χ4n) is 3.62. The first kappa shape index (κ1) is 20.8. The molecule has 4 rings (SSSR count). The van der Waals surface area contributed by atoms with Crippen LogP contribution in [0.15, 0.2) is 39.5 Å². The summed E-state index contributed by atoms with van der Waals surface area (Å²) in [7, 11) is 0. The second-order valence-corrected chi connectivity index (χ2v) is 7.39. The first-order valence-electron chi connectivity index (χ1n) is 9.38. The summed E-state index contributed by atoms with van der Waals surface area (Å²) >= 11 is 5.92. The zero-order chi connectivity index (χ0) is 23.0. The van der Waals surface area contributed by atoms with Crippen molar-refractivity contribution in [1.29, 1.82) is 15.9 Å². The summed E-state index contributed by atoms with van der Waals surface area (Å²) in [5.74, 6) is -0.655. The molecule has 32 heavy (non-hydrogen) atoms. The average Bonchev–Trinajstić information content (AvgIpc) is 2.76. The first-order chi connectivity index (χ1) is 15.3. The van der Waals surface area contributed by atoms with Crippen LogP contribution >= 0.6 is 11.6 Å². The van der Waals surface area contributed by atoms with Crippen LogP contribution in [0.5, 0.6) is 5.88 Å². The molecule has 158 valence electrons. The maximum absolute atomic E-state index is 13.2. The van der Waals surface area contributed by atoms with E-state index in [-0.39, 0.29) is 27.9 Å². The van der Waals surface area contributed by atoms with E-state index >= 15 is 0 Å². The summed E-state index contributed by atoms with van der Waals surface area (Å²) in [6.07, 6.45) is 2.71. The number of benzene rings is 1. The zero-order valence-electron chi connectivity index (χ0n) is 16.4. The van der Waals surface area contributed by atoms with Gasteiger partial charge in [0, 0.05) is 28.0 Å². The highest BCUT2D eigenvalue weighted by Crippen LogP contribution is 2.31. The minimum atomic E-state index is -0.842. The molecule has 1 aliphatic rings. The second-order valence-electron chi connectivity index (χ2n) is 6.96. The van der Waals surface area contributed by atoms with Gasteiger partial charge in [-0.2, -0.15) is 15.2 Å². The van der Waals surface area contributed by atoms with Crippen LogP contribution in [-0.2, 0) is 0 Å². The van der Waals surface area contributed by atoms with E-state index in [9.17, 15) is 20.4 Å². The van der Waals surface area contributed by atoms with Gasteiger partial charge in [0.2, 0.25) is 11.4 Å². The molecule has 1 aliphatic carbocycles. The summed E-state index contributed by atoms with van der Waals surface area (Å²) < 4.78 is 6.14. The average molecular weight is 447 g/mol. The normalized spacial score (nSPS) is 12.3. The number of nitriles is 2. The SMILES string of the molecule is N#Cc1c(-c2ccc(Cl)cc2)c(C#N)c(=O)n(NC2=c3c(N)cc(=N)oc3=CCC2)c1O. The number of nitrogens with zero attached hydrogens (tertiary/aromatic N) is 3. The van der Waals surface area contributed by atoms with E-state index < -0.39 is 11.4 Å². The van der Waals surface area contributed by atoms with E-state index in [1.54, 1.807) is 30.3 Å². The molecule has 0 atom stereocenters. The Morgan fingerprint density at radius 3 is 2.56 bits per heavy atom. The van der Waals surface area contributed by atoms with Crippen molar-refractivity contribution in [3.05, 3.63) is 73.0 Å². The number of aromatic nitrogens is 1. The molecule has 0 aliphatic heterocycles. The molecule has 0 unspecified atom stereocenters. The van der Waals surface area contributed by atoms with Crippen LogP contribution in [0.25, 0.3) is 22.9 Å². The third-order valence-corrected chi connectivity index (χ3v) is 5.28. The van der Waals surface area contributed by atoms with Crippen LogP contribution < -0.4 is 32.9 Å². The van der Waals surface area contributed by atoms with Gasteiger partial charge in [0.15, 0.2) is 0 Å². The van der Waals surface area contributed by atoms with Crippen LogP contribution in [0.2, 0.25) is 5.02 Å². The molecule has 0 amide bonds. The van der Waals surface area contributed by atoms with E-state index in [1.807, 2.05) is 12.1 Å². The number of pyridine rings is 1. The number of hydrogen-bond acceptors (Lipinski definition) is 8. The standard InChI is InChI=1S/C22H15ClN6O3/c23-12-6-4-11(5-7-12)19-13(9-24)21(30)29(22(31)14(19)10-25)28-16-2-1-3-17-20(16)15(26)8-18(27)32-17/h3-8,27-28,30H,1-2,26H2. The van der Waals surface area contributed by atoms with Crippen LogP contribution in [-0.4, -0.2) is 9.78 Å². The van der Waals surface area contributed by atoms with Gasteiger partial charge in [-0.3, -0.25) is 15.6 Å². The van der Waals surface area contributed by atoms with E-state index in [2.05, 4.69) is 5.43 Å². The van der Waals surface area contributed by atoms with Crippen molar-refractivity contribution in [3.8, 4) is 29.1 Å². The van der Waals surface area contributed by atoms with E-state index in [4.69, 9.17) is 27.2 Å². The minimum absolute atomic E-state index is 0.0166. The van der Waals surface area contributed by atoms with Gasteiger partial charge in [-0.05, 0) is 36.6 Å². The molecule has 0 saturated carbocycles. The Balaban J connectivity index is 2.00. The van der Waals surface area contributed by atoms with Crippen molar-refractivity contribution in [2.45, 2.75) is 12.8 Å². The Bertz CT molecular complexity index is 1590. The largest absolute Gasteiger partial charge is 0.492 e. The number of nitrogen functional groups attached to an aromatic ring is 1. The first-order valence-corrected chi connectivity index (χ1v) is 9.76. The summed E-state index contributed by atoms with van der Waals surface area (Å²) in [6.45, 7) is 0. The lowest BCUT2D eigenvalue weighted by Crippen LogP contribution is -2.40. The van der Waals surface area contributed by atoms with Gasteiger partial charge in [-0.15, -0.1) is 0 Å². The number of halogens is 1. The molecule has 3 aromatic rings. The molecule has 10 heteroatoms. The topological polar surface area (TPSA) is 165 Å². The van der Waals surface area contributed by atoms with E-state index in [0.717, 1.165) is 4.68 Å². The van der Waals surface area contributed by atoms with Crippen LogP contribution in [0, 0.1) is 28.1 Å². The molecule has 0 radical (unpaired) electrons. The number of nitrogens with two attached hydrogens (primary N) is 1. The third-order valence-electron chi connectivity index (χ3n) is 5.02. The highest BCUT2D eigenvalue weighted by Gasteiger charge is 2.24. The van der Waals surface area contributed by atoms with Crippen molar-refractivity contribution >= 4 is 29.1 Å². The lowest BCUT2D eigenvalue weighted by molar-refractivity contribution is 0.425. The van der Waals surface area contributed by atoms with Crippen molar-refractivity contribution in [2.24, 2.45) is 0 Å². The summed E-state index contributed by atoms with van der Waals surface area (Å²) in [5, 5.41) is 38.8. The Hall–Kier alpha value is -4.47. The minimum Gasteiger partial charge on any atom is -0.492 e. The Morgan fingerprint density at radius 2 is 1.91 bits per heavy atom. The number of rotatable bonds is 3. The van der Waals surface area contributed by atoms with Gasteiger partial charge < -0.3 is 15.3 Å². The molecule has 2 aromatic heterocycles. The van der Waals surface area contributed by atoms with Gasteiger partial charge in [0.05, 0.1) is 5.22 Å². The van der Waals surface area contributed by atoms with Crippen LogP contribution in [0.4, 0.5) is 5.69 Å².